The summed E-state index contributed by atoms with van der Waals surface area (Å²) in [4.78, 5) is 17.3. The zero-order chi connectivity index (χ0) is 18.8. The van der Waals surface area contributed by atoms with Crippen LogP contribution in [0.5, 0.6) is 5.75 Å². The summed E-state index contributed by atoms with van der Waals surface area (Å²) in [7, 11) is 0. The van der Waals surface area contributed by atoms with Crippen molar-refractivity contribution >= 4 is 27.9 Å². The second-order valence-corrected chi connectivity index (χ2v) is 6.17. The van der Waals surface area contributed by atoms with Gasteiger partial charge in [0.15, 0.2) is 0 Å². The molecule has 0 saturated carbocycles. The maximum atomic E-state index is 12.8. The number of hydrogen-bond acceptors (Lipinski definition) is 4. The molecule has 0 atom stereocenters. The minimum absolute atomic E-state index is 0.187. The number of rotatable bonds is 4. The van der Waals surface area contributed by atoms with Gasteiger partial charge in [0.2, 0.25) is 0 Å². The summed E-state index contributed by atoms with van der Waals surface area (Å²) in [5.41, 5.74) is 1.33. The fourth-order valence-corrected chi connectivity index (χ4v) is 3.18. The largest absolute Gasteiger partial charge is 0.493 e. The molecule has 0 aliphatic carbocycles. The van der Waals surface area contributed by atoms with Gasteiger partial charge < -0.3 is 4.74 Å². The zero-order valence-corrected chi connectivity index (χ0v) is 15.2. The van der Waals surface area contributed by atoms with Crippen molar-refractivity contribution in [3.8, 4) is 5.75 Å². The predicted molar refractivity (Wildman–Crippen MR) is 109 cm³/mol. The number of hydrogen-bond donors (Lipinski definition) is 0. The molecular formula is C22H19N3O2. The molecule has 1 heterocycles. The Labute approximate surface area is 156 Å². The van der Waals surface area contributed by atoms with Crippen LogP contribution in [0.2, 0.25) is 0 Å². The molecule has 0 bridgehead atoms. The minimum Gasteiger partial charge on any atom is -0.493 e. The molecular weight excluding hydrogens is 338 g/mol. The third-order valence-electron chi connectivity index (χ3n) is 4.45. The first-order valence-corrected chi connectivity index (χ1v) is 8.86. The van der Waals surface area contributed by atoms with Gasteiger partial charge in [-0.2, -0.15) is 9.78 Å². The van der Waals surface area contributed by atoms with Gasteiger partial charge in [0.25, 0.3) is 5.56 Å². The fourth-order valence-electron chi connectivity index (χ4n) is 3.18. The maximum absolute atomic E-state index is 12.8. The number of para-hydroxylation sites is 1. The average molecular weight is 357 g/mol. The smallest absolute Gasteiger partial charge is 0.282 e. The highest BCUT2D eigenvalue weighted by molar-refractivity contribution is 6.02. The summed E-state index contributed by atoms with van der Waals surface area (Å²) >= 11 is 0. The van der Waals surface area contributed by atoms with E-state index in [0.717, 1.165) is 22.1 Å². The maximum Gasteiger partial charge on any atom is 0.282 e. The van der Waals surface area contributed by atoms with Crippen LogP contribution in [-0.4, -0.2) is 22.5 Å². The van der Waals surface area contributed by atoms with E-state index < -0.39 is 0 Å². The Morgan fingerprint density at radius 3 is 2.59 bits per heavy atom. The molecule has 0 unspecified atom stereocenters. The lowest BCUT2D eigenvalue weighted by atomic mass is 10.0. The van der Waals surface area contributed by atoms with Crippen LogP contribution in [0.25, 0.3) is 21.7 Å². The van der Waals surface area contributed by atoms with E-state index in [4.69, 9.17) is 4.74 Å². The zero-order valence-electron chi connectivity index (χ0n) is 15.2. The van der Waals surface area contributed by atoms with Crippen LogP contribution in [0.4, 0.5) is 0 Å². The van der Waals surface area contributed by atoms with Crippen molar-refractivity contribution < 1.29 is 4.74 Å². The Bertz CT molecular complexity index is 1230. The Morgan fingerprint density at radius 2 is 1.78 bits per heavy atom. The van der Waals surface area contributed by atoms with Crippen molar-refractivity contribution in [3.63, 3.8) is 0 Å². The highest BCUT2D eigenvalue weighted by Crippen LogP contribution is 2.26. The van der Waals surface area contributed by atoms with Gasteiger partial charge in [0, 0.05) is 5.56 Å². The van der Waals surface area contributed by atoms with Gasteiger partial charge in [-0.15, -0.1) is 0 Å². The van der Waals surface area contributed by atoms with Gasteiger partial charge in [-0.05, 0) is 42.8 Å². The second kappa shape index (κ2) is 7.03. The molecule has 27 heavy (non-hydrogen) atoms. The second-order valence-electron chi connectivity index (χ2n) is 6.17. The van der Waals surface area contributed by atoms with Gasteiger partial charge in [-0.1, -0.05) is 42.5 Å². The number of fused-ring (bicyclic) bond motifs is 2. The first-order chi connectivity index (χ1) is 13.2. The number of nitrogens with zero attached hydrogens (tertiary/aromatic N) is 3. The molecule has 0 aliphatic heterocycles. The Morgan fingerprint density at radius 1 is 1.04 bits per heavy atom. The molecule has 3 aromatic carbocycles. The first kappa shape index (κ1) is 17.0. The molecule has 0 aliphatic rings. The van der Waals surface area contributed by atoms with E-state index in [1.807, 2.05) is 61.5 Å². The number of aromatic nitrogens is 2. The van der Waals surface area contributed by atoms with Gasteiger partial charge in [0.1, 0.15) is 11.6 Å². The lowest BCUT2D eigenvalue weighted by molar-refractivity contribution is 0.340. The molecule has 0 saturated heterocycles. The molecule has 5 heteroatoms. The monoisotopic (exact) mass is 357 g/mol. The molecule has 0 spiro atoms. The van der Waals surface area contributed by atoms with Crippen LogP contribution >= 0.6 is 0 Å². The molecule has 0 radical (unpaired) electrons. The van der Waals surface area contributed by atoms with Crippen molar-refractivity contribution in [2.45, 2.75) is 13.8 Å². The standard InChI is InChI=1S/C22H19N3O2/c1-3-27-21-13-12-16-8-4-5-9-17(16)19(21)14-23-25-15(2)24-20-11-7-6-10-18(20)22(25)26/h4-14H,3H2,1-2H3/b23-14-. The summed E-state index contributed by atoms with van der Waals surface area (Å²) in [6.45, 7) is 4.27. The van der Waals surface area contributed by atoms with E-state index in [-0.39, 0.29) is 5.56 Å². The number of aryl methyl sites for hydroxylation is 1. The third kappa shape index (κ3) is 3.08. The van der Waals surface area contributed by atoms with E-state index >= 15 is 0 Å². The van der Waals surface area contributed by atoms with Crippen molar-refractivity contribution in [1.29, 1.82) is 0 Å². The molecule has 0 N–H and O–H groups in total. The van der Waals surface area contributed by atoms with E-state index in [1.54, 1.807) is 19.2 Å². The topological polar surface area (TPSA) is 56.5 Å². The number of ether oxygens (including phenoxy) is 1. The summed E-state index contributed by atoms with van der Waals surface area (Å²) in [5, 5.41) is 7.11. The Hall–Kier alpha value is -3.47. The van der Waals surface area contributed by atoms with Crippen LogP contribution in [0.3, 0.4) is 0 Å². The van der Waals surface area contributed by atoms with E-state index in [0.29, 0.717) is 23.3 Å². The molecule has 1 aromatic heterocycles. The summed E-state index contributed by atoms with van der Waals surface area (Å²) in [6, 6.07) is 19.3. The lowest BCUT2D eigenvalue weighted by Gasteiger charge is -2.11. The highest BCUT2D eigenvalue weighted by atomic mass is 16.5. The highest BCUT2D eigenvalue weighted by Gasteiger charge is 2.09. The molecule has 5 nitrogen and oxygen atoms in total. The van der Waals surface area contributed by atoms with Crippen LogP contribution in [0, 0.1) is 6.92 Å². The average Bonchev–Trinajstić information content (AvgIpc) is 2.69. The Kier molecular flexibility index (Phi) is 4.42. The minimum atomic E-state index is -0.187. The molecule has 0 amide bonds. The molecule has 134 valence electrons. The Balaban J connectivity index is 1.90. The van der Waals surface area contributed by atoms with E-state index in [2.05, 4.69) is 10.1 Å². The van der Waals surface area contributed by atoms with Crippen molar-refractivity contribution in [1.82, 2.24) is 9.66 Å². The third-order valence-corrected chi connectivity index (χ3v) is 4.45. The van der Waals surface area contributed by atoms with Gasteiger partial charge in [-0.3, -0.25) is 4.79 Å². The van der Waals surface area contributed by atoms with Crippen molar-refractivity contribution in [3.05, 3.63) is 82.4 Å². The first-order valence-electron chi connectivity index (χ1n) is 8.86. The molecule has 0 fully saturated rings. The molecule has 4 rings (SSSR count). The van der Waals surface area contributed by atoms with Crippen molar-refractivity contribution in [2.24, 2.45) is 5.10 Å². The van der Waals surface area contributed by atoms with Gasteiger partial charge >= 0.3 is 0 Å². The van der Waals surface area contributed by atoms with Crippen LogP contribution in [0.1, 0.15) is 18.3 Å². The van der Waals surface area contributed by atoms with Crippen LogP contribution in [0.15, 0.2) is 70.6 Å². The fraction of sp³-hybridized carbons (Fsp3) is 0.136. The summed E-state index contributed by atoms with van der Waals surface area (Å²) in [5.74, 6) is 1.27. The quantitative estimate of drug-likeness (QED) is 0.516. The summed E-state index contributed by atoms with van der Waals surface area (Å²) in [6.07, 6.45) is 1.68. The summed E-state index contributed by atoms with van der Waals surface area (Å²) < 4.78 is 7.10. The normalized spacial score (nSPS) is 11.5. The number of benzene rings is 3. The van der Waals surface area contributed by atoms with Crippen LogP contribution in [-0.2, 0) is 0 Å². The lowest BCUT2D eigenvalue weighted by Crippen LogP contribution is -2.20. The van der Waals surface area contributed by atoms with Gasteiger partial charge in [0.05, 0.1) is 23.7 Å². The predicted octanol–water partition coefficient (Wildman–Crippen LogP) is 4.14. The van der Waals surface area contributed by atoms with Crippen LogP contribution < -0.4 is 10.3 Å². The van der Waals surface area contributed by atoms with Crippen molar-refractivity contribution in [2.75, 3.05) is 6.61 Å². The van der Waals surface area contributed by atoms with E-state index in [1.165, 1.54) is 4.68 Å². The molecule has 4 aromatic rings. The SMILES string of the molecule is CCOc1ccc2ccccc2c1/C=N\n1c(C)nc2ccccc2c1=O. The van der Waals surface area contributed by atoms with Gasteiger partial charge in [-0.25, -0.2) is 4.98 Å². The van der Waals surface area contributed by atoms with E-state index in [9.17, 15) is 4.79 Å².